The van der Waals surface area contributed by atoms with Gasteiger partial charge >= 0.3 is 5.97 Å². The third kappa shape index (κ3) is 2.18. The van der Waals surface area contributed by atoms with Gasteiger partial charge in [0.25, 0.3) is 0 Å². The summed E-state index contributed by atoms with van der Waals surface area (Å²) in [7, 11) is 0. The first-order chi connectivity index (χ1) is 11.2. The fourth-order valence-electron chi connectivity index (χ4n) is 4.61. The number of esters is 1. The van der Waals surface area contributed by atoms with Crippen molar-refractivity contribution in [3.8, 4) is 0 Å². The van der Waals surface area contributed by atoms with Gasteiger partial charge in [-0.1, -0.05) is 92.0 Å². The van der Waals surface area contributed by atoms with E-state index < -0.39 is 5.41 Å². The summed E-state index contributed by atoms with van der Waals surface area (Å²) in [5.74, 6) is -0.445. The lowest BCUT2D eigenvalue weighted by molar-refractivity contribution is -0.185. The van der Waals surface area contributed by atoms with E-state index in [0.717, 1.165) is 12.8 Å². The molecule has 0 aromatic heterocycles. The highest BCUT2D eigenvalue weighted by Crippen LogP contribution is 2.82. The van der Waals surface area contributed by atoms with Crippen molar-refractivity contribution in [1.29, 1.82) is 0 Å². The summed E-state index contributed by atoms with van der Waals surface area (Å²) in [4.78, 5) is 25.1. The van der Waals surface area contributed by atoms with E-state index in [-0.39, 0.29) is 37.8 Å². The number of carbonyl (C=O) groups is 2. The van der Waals surface area contributed by atoms with E-state index in [9.17, 15) is 9.59 Å². The summed E-state index contributed by atoms with van der Waals surface area (Å²) in [5.41, 5.74) is -0.286. The van der Waals surface area contributed by atoms with Gasteiger partial charge in [-0.15, -0.1) is 0 Å². The van der Waals surface area contributed by atoms with E-state index in [4.69, 9.17) is 4.74 Å². The Labute approximate surface area is 167 Å². The number of hydrogen-bond acceptors (Lipinski definition) is 3. The molecule has 3 aliphatic carbocycles. The minimum atomic E-state index is -0.580. The predicted molar refractivity (Wildman–Crippen MR) is 104 cm³/mol. The van der Waals surface area contributed by atoms with Crippen molar-refractivity contribution in [3.05, 3.63) is 35.9 Å². The lowest BCUT2D eigenvalue weighted by atomic mass is 9.43. The number of carbonyl (C=O) groups excluding carboxylic acids is 2. The maximum absolute atomic E-state index is 12.9. The first-order valence-corrected chi connectivity index (χ1v) is 10.6. The van der Waals surface area contributed by atoms with Gasteiger partial charge in [0.15, 0.2) is 12.4 Å². The van der Waals surface area contributed by atoms with Crippen LogP contribution >= 0.6 is 47.8 Å². The molecule has 0 amide bonds. The minimum Gasteiger partial charge on any atom is -0.457 e. The Kier molecular flexibility index (Phi) is 4.80. The molecule has 0 heterocycles. The summed E-state index contributed by atoms with van der Waals surface area (Å²) in [6.07, 6.45) is 1.70. The van der Waals surface area contributed by atoms with Crippen LogP contribution in [0.2, 0.25) is 0 Å². The van der Waals surface area contributed by atoms with Gasteiger partial charge in [-0.25, -0.2) is 0 Å². The Morgan fingerprint density at radius 1 is 1.21 bits per heavy atom. The van der Waals surface area contributed by atoms with Crippen molar-refractivity contribution in [2.45, 2.75) is 35.3 Å². The number of fused-ring (bicyclic) bond motifs is 1. The number of alkyl halides is 3. The molecule has 0 saturated heterocycles. The molecule has 3 fully saturated rings. The molecule has 3 atom stereocenters. The Morgan fingerprint density at radius 3 is 2.33 bits per heavy atom. The van der Waals surface area contributed by atoms with Gasteiger partial charge in [-0.2, -0.15) is 0 Å². The van der Waals surface area contributed by atoms with E-state index in [2.05, 4.69) is 61.6 Å². The summed E-state index contributed by atoms with van der Waals surface area (Å²) in [5, 5.41) is 0. The summed E-state index contributed by atoms with van der Waals surface area (Å²) in [6.45, 7) is 4.03. The molecule has 1 aromatic rings. The molecule has 0 spiro atoms. The second kappa shape index (κ2) is 6.20. The zero-order valence-electron chi connectivity index (χ0n) is 13.5. The number of benzene rings is 1. The molecule has 2 bridgehead atoms. The maximum atomic E-state index is 12.9. The van der Waals surface area contributed by atoms with E-state index in [1.165, 1.54) is 0 Å². The average molecular weight is 523 g/mol. The molecule has 0 aliphatic heterocycles. The molecule has 130 valence electrons. The standard InChI is InChI=1S/C18H19Br3O3/c1-16(2)17(14(20)21)8-9-18(16,13(17)19)15(23)24-10-12(22)11-6-4-3-5-7-11/h3-7,13-14H,8-10H2,1-2H3. The van der Waals surface area contributed by atoms with Crippen LogP contribution in [-0.4, -0.2) is 26.9 Å². The molecular weight excluding hydrogens is 504 g/mol. The van der Waals surface area contributed by atoms with Gasteiger partial charge in [-0.05, 0) is 18.3 Å². The smallest absolute Gasteiger partial charge is 0.314 e. The Bertz CT molecular complexity index is 673. The van der Waals surface area contributed by atoms with Gasteiger partial charge in [0, 0.05) is 15.8 Å². The highest BCUT2D eigenvalue weighted by molar-refractivity contribution is 9.24. The average Bonchev–Trinajstić information content (AvgIpc) is 3.03. The van der Waals surface area contributed by atoms with Gasteiger partial charge in [0.05, 0.1) is 9.15 Å². The first-order valence-electron chi connectivity index (χ1n) is 7.89. The summed E-state index contributed by atoms with van der Waals surface area (Å²) >= 11 is 11.1. The van der Waals surface area contributed by atoms with Crippen molar-refractivity contribution in [3.63, 3.8) is 0 Å². The Balaban J connectivity index is 1.74. The van der Waals surface area contributed by atoms with E-state index in [0.29, 0.717) is 5.56 Å². The molecule has 0 radical (unpaired) electrons. The van der Waals surface area contributed by atoms with Crippen molar-refractivity contribution < 1.29 is 14.3 Å². The van der Waals surface area contributed by atoms with Crippen molar-refractivity contribution >= 4 is 59.5 Å². The van der Waals surface area contributed by atoms with Crippen molar-refractivity contribution in [2.75, 3.05) is 6.61 Å². The zero-order chi connectivity index (χ0) is 17.8. The predicted octanol–water partition coefficient (Wildman–Crippen LogP) is 5.10. The monoisotopic (exact) mass is 520 g/mol. The topological polar surface area (TPSA) is 43.4 Å². The van der Waals surface area contributed by atoms with Crippen LogP contribution in [0.25, 0.3) is 0 Å². The third-order valence-corrected chi connectivity index (χ3v) is 9.51. The molecular formula is C18H19Br3O3. The van der Waals surface area contributed by atoms with E-state index >= 15 is 0 Å². The first kappa shape index (κ1) is 18.6. The molecule has 3 unspecified atom stereocenters. The number of ether oxygens (including phenoxy) is 1. The second-order valence-electron chi connectivity index (χ2n) is 7.17. The highest BCUT2D eigenvalue weighted by atomic mass is 79.9. The molecule has 3 aliphatic rings. The molecule has 3 saturated carbocycles. The largest absolute Gasteiger partial charge is 0.457 e. The van der Waals surface area contributed by atoms with Crippen LogP contribution in [0, 0.1) is 16.2 Å². The van der Waals surface area contributed by atoms with Gasteiger partial charge in [-0.3, -0.25) is 9.59 Å². The third-order valence-electron chi connectivity index (χ3n) is 6.28. The van der Waals surface area contributed by atoms with E-state index in [1.54, 1.807) is 24.3 Å². The van der Waals surface area contributed by atoms with Crippen LogP contribution in [-0.2, 0) is 9.53 Å². The van der Waals surface area contributed by atoms with Crippen LogP contribution in [0.3, 0.4) is 0 Å². The van der Waals surface area contributed by atoms with Crippen molar-refractivity contribution in [2.24, 2.45) is 16.2 Å². The molecule has 6 heteroatoms. The highest BCUT2D eigenvalue weighted by Gasteiger charge is 2.84. The van der Waals surface area contributed by atoms with Gasteiger partial charge in [0.2, 0.25) is 0 Å². The number of rotatable bonds is 5. The fourth-order valence-corrected chi connectivity index (χ4v) is 9.51. The number of ketones is 1. The zero-order valence-corrected chi connectivity index (χ0v) is 18.3. The number of halogens is 3. The van der Waals surface area contributed by atoms with Crippen LogP contribution in [0.15, 0.2) is 30.3 Å². The molecule has 1 aromatic carbocycles. The summed E-state index contributed by atoms with van der Waals surface area (Å²) < 4.78 is 5.58. The normalized spacial score (nSPS) is 33.2. The fraction of sp³-hybridized carbons (Fsp3) is 0.556. The maximum Gasteiger partial charge on any atom is 0.314 e. The number of hydrogen-bond donors (Lipinski definition) is 0. The SMILES string of the molecule is CC1(C)C2(C(=O)OCC(=O)c3ccccc3)CCC1(C(Br)Br)C2Br. The van der Waals surface area contributed by atoms with Gasteiger partial charge < -0.3 is 4.74 Å². The Morgan fingerprint density at radius 2 is 1.83 bits per heavy atom. The van der Waals surface area contributed by atoms with Crippen molar-refractivity contribution in [1.82, 2.24) is 0 Å². The summed E-state index contributed by atoms with van der Waals surface area (Å²) in [6, 6.07) is 8.92. The molecule has 0 N–H and O–H groups in total. The lowest BCUT2D eigenvalue weighted by Gasteiger charge is -2.65. The van der Waals surface area contributed by atoms with Crippen LogP contribution < -0.4 is 0 Å². The van der Waals surface area contributed by atoms with Crippen LogP contribution in [0.5, 0.6) is 0 Å². The molecule has 3 nitrogen and oxygen atoms in total. The lowest BCUT2D eigenvalue weighted by Crippen LogP contribution is -2.70. The van der Waals surface area contributed by atoms with Crippen LogP contribution in [0.1, 0.15) is 37.0 Å². The minimum absolute atomic E-state index is 0.0237. The second-order valence-corrected chi connectivity index (χ2v) is 11.1. The van der Waals surface area contributed by atoms with Gasteiger partial charge in [0.1, 0.15) is 0 Å². The molecule has 4 rings (SSSR count). The van der Waals surface area contributed by atoms with Crippen LogP contribution in [0.4, 0.5) is 0 Å². The quantitative estimate of drug-likeness (QED) is 0.307. The Hall–Kier alpha value is -0.200. The van der Waals surface area contributed by atoms with E-state index in [1.807, 2.05) is 6.07 Å². The molecule has 24 heavy (non-hydrogen) atoms. The number of Topliss-reactive ketones (excluding diaryl/α,β-unsaturated/α-hetero) is 1.